The van der Waals surface area contributed by atoms with Crippen molar-refractivity contribution in [2.45, 2.75) is 38.6 Å². The first-order valence-corrected chi connectivity index (χ1v) is 9.46. The summed E-state index contributed by atoms with van der Waals surface area (Å²) in [6.45, 7) is 2.62. The average Bonchev–Trinajstić information content (AvgIpc) is 3.23. The van der Waals surface area contributed by atoms with Gasteiger partial charge in [-0.1, -0.05) is 0 Å². The summed E-state index contributed by atoms with van der Waals surface area (Å²) < 4.78 is 1.44. The molecule has 0 bridgehead atoms. The molecule has 130 valence electrons. The maximum Gasteiger partial charge on any atom is 0.272 e. The number of hydrogen-bond acceptors (Lipinski definition) is 4. The monoisotopic (exact) mass is 356 g/mol. The number of aryl methyl sites for hydroxylation is 1. The van der Waals surface area contributed by atoms with E-state index in [2.05, 4.69) is 10.1 Å². The van der Waals surface area contributed by atoms with Crippen LogP contribution in [0.1, 0.15) is 42.3 Å². The minimum absolute atomic E-state index is 0.107. The minimum Gasteiger partial charge on any atom is -0.334 e. The Labute approximate surface area is 149 Å². The Balaban J connectivity index is 1.66. The second-order valence-corrected chi connectivity index (χ2v) is 7.34. The molecule has 3 aromatic heterocycles. The molecule has 4 heterocycles. The van der Waals surface area contributed by atoms with Crippen molar-refractivity contribution in [2.75, 3.05) is 6.54 Å². The second-order valence-electron chi connectivity index (χ2n) is 6.56. The van der Waals surface area contributed by atoms with Gasteiger partial charge in [0.1, 0.15) is 0 Å². The SMILES string of the molecule is Cc1cc2nc(C3CCCCN3C(=O)Cc3ccsc3)cc(=O)n2[nH]1. The van der Waals surface area contributed by atoms with Crippen molar-refractivity contribution >= 4 is 22.9 Å². The standard InChI is InChI=1S/C18H20N4O2S/c1-12-8-16-19-14(10-18(24)22(16)20-12)15-4-2-3-6-21(15)17(23)9-13-5-7-25-11-13/h5,7-8,10-11,15,20H,2-4,6,9H2,1H3. The fraction of sp³-hybridized carbons (Fsp3) is 0.389. The van der Waals surface area contributed by atoms with Gasteiger partial charge in [0.25, 0.3) is 5.56 Å². The van der Waals surface area contributed by atoms with Gasteiger partial charge in [-0.25, -0.2) is 9.50 Å². The zero-order chi connectivity index (χ0) is 17.4. The number of nitrogens with zero attached hydrogens (tertiary/aromatic N) is 3. The molecule has 1 fully saturated rings. The summed E-state index contributed by atoms with van der Waals surface area (Å²) in [5, 5.41) is 6.98. The van der Waals surface area contributed by atoms with Crippen molar-refractivity contribution in [3.63, 3.8) is 0 Å². The molecular formula is C18H20N4O2S. The van der Waals surface area contributed by atoms with Crippen molar-refractivity contribution in [3.8, 4) is 0 Å². The fourth-order valence-corrected chi connectivity index (χ4v) is 4.18. The summed E-state index contributed by atoms with van der Waals surface area (Å²) in [6.07, 6.45) is 3.29. The molecule has 4 rings (SSSR count). The lowest BCUT2D eigenvalue weighted by atomic mass is 9.98. The highest BCUT2D eigenvalue weighted by atomic mass is 32.1. The topological polar surface area (TPSA) is 70.5 Å². The molecule has 1 atom stereocenters. The zero-order valence-corrected chi connectivity index (χ0v) is 14.9. The summed E-state index contributed by atoms with van der Waals surface area (Å²) in [5.41, 5.74) is 3.10. The van der Waals surface area contributed by atoms with Crippen molar-refractivity contribution in [1.82, 2.24) is 19.5 Å². The van der Waals surface area contributed by atoms with Gasteiger partial charge in [-0.15, -0.1) is 0 Å². The summed E-state index contributed by atoms with van der Waals surface area (Å²) in [5.74, 6) is 0.107. The number of aromatic nitrogens is 3. The second kappa shape index (κ2) is 6.48. The largest absolute Gasteiger partial charge is 0.334 e. The predicted octanol–water partition coefficient (Wildman–Crippen LogP) is 2.69. The molecule has 3 aromatic rings. The van der Waals surface area contributed by atoms with Crippen LogP contribution >= 0.6 is 11.3 Å². The van der Waals surface area contributed by atoms with Gasteiger partial charge >= 0.3 is 0 Å². The molecule has 25 heavy (non-hydrogen) atoms. The molecule has 7 heteroatoms. The molecular weight excluding hydrogens is 336 g/mol. The van der Waals surface area contributed by atoms with E-state index in [9.17, 15) is 9.59 Å². The van der Waals surface area contributed by atoms with E-state index in [1.807, 2.05) is 34.7 Å². The van der Waals surface area contributed by atoms with Gasteiger partial charge in [0.05, 0.1) is 18.2 Å². The molecule has 0 spiro atoms. The Morgan fingerprint density at radius 1 is 1.40 bits per heavy atom. The van der Waals surface area contributed by atoms with Crippen LogP contribution in [0.4, 0.5) is 0 Å². The van der Waals surface area contributed by atoms with Gasteiger partial charge in [0, 0.05) is 24.4 Å². The van der Waals surface area contributed by atoms with E-state index >= 15 is 0 Å². The van der Waals surface area contributed by atoms with Crippen LogP contribution in [0.25, 0.3) is 5.65 Å². The van der Waals surface area contributed by atoms with E-state index in [1.54, 1.807) is 17.4 Å². The van der Waals surface area contributed by atoms with Crippen LogP contribution in [0.5, 0.6) is 0 Å². The third kappa shape index (κ3) is 3.11. The van der Waals surface area contributed by atoms with Gasteiger partial charge in [0.2, 0.25) is 5.91 Å². The maximum atomic E-state index is 12.8. The minimum atomic E-state index is -0.135. The van der Waals surface area contributed by atoms with Crippen molar-refractivity contribution < 1.29 is 4.79 Å². The maximum absolute atomic E-state index is 12.8. The first kappa shape index (κ1) is 16.1. The molecule has 1 unspecified atom stereocenters. The van der Waals surface area contributed by atoms with Crippen molar-refractivity contribution in [1.29, 1.82) is 0 Å². The Morgan fingerprint density at radius 3 is 3.08 bits per heavy atom. The highest BCUT2D eigenvalue weighted by Gasteiger charge is 2.29. The number of rotatable bonds is 3. The quantitative estimate of drug-likeness (QED) is 0.784. The molecule has 1 amide bonds. The van der Waals surface area contributed by atoms with Crippen LogP contribution in [0.2, 0.25) is 0 Å². The zero-order valence-electron chi connectivity index (χ0n) is 14.1. The Morgan fingerprint density at radius 2 is 2.28 bits per heavy atom. The van der Waals surface area contributed by atoms with Crippen LogP contribution in [0, 0.1) is 6.92 Å². The number of H-pyrrole nitrogens is 1. The molecule has 1 N–H and O–H groups in total. The summed E-state index contributed by atoms with van der Waals surface area (Å²) in [7, 11) is 0. The van der Waals surface area contributed by atoms with Gasteiger partial charge in [-0.3, -0.25) is 14.7 Å². The number of amides is 1. The van der Waals surface area contributed by atoms with E-state index in [1.165, 1.54) is 4.52 Å². The van der Waals surface area contributed by atoms with Crippen LogP contribution in [-0.2, 0) is 11.2 Å². The smallest absolute Gasteiger partial charge is 0.272 e. The normalized spacial score (nSPS) is 18.0. The van der Waals surface area contributed by atoms with Gasteiger partial charge < -0.3 is 4.90 Å². The third-order valence-electron chi connectivity index (χ3n) is 4.70. The summed E-state index contributed by atoms with van der Waals surface area (Å²) in [6, 6.07) is 5.28. The molecule has 1 aliphatic heterocycles. The van der Waals surface area contributed by atoms with Gasteiger partial charge in [-0.2, -0.15) is 11.3 Å². The number of hydrogen-bond donors (Lipinski definition) is 1. The van der Waals surface area contributed by atoms with Gasteiger partial charge in [0.15, 0.2) is 5.65 Å². The molecule has 0 aromatic carbocycles. The first-order chi connectivity index (χ1) is 12.1. The molecule has 1 aliphatic rings. The van der Waals surface area contributed by atoms with E-state index in [-0.39, 0.29) is 17.5 Å². The van der Waals surface area contributed by atoms with E-state index in [0.717, 1.165) is 37.1 Å². The van der Waals surface area contributed by atoms with E-state index in [4.69, 9.17) is 0 Å². The number of aromatic amines is 1. The molecule has 0 saturated carbocycles. The Kier molecular flexibility index (Phi) is 4.17. The third-order valence-corrected chi connectivity index (χ3v) is 5.43. The van der Waals surface area contributed by atoms with E-state index < -0.39 is 0 Å². The first-order valence-electron chi connectivity index (χ1n) is 8.52. The number of fused-ring (bicyclic) bond motifs is 1. The number of carbonyl (C=O) groups excluding carboxylic acids is 1. The molecule has 6 nitrogen and oxygen atoms in total. The van der Waals surface area contributed by atoms with Crippen molar-refractivity contribution in [3.05, 3.63) is 56.3 Å². The number of likely N-dealkylation sites (tertiary alicyclic amines) is 1. The number of piperidine rings is 1. The molecule has 0 aliphatic carbocycles. The van der Waals surface area contributed by atoms with Crippen LogP contribution in [0.15, 0.2) is 33.8 Å². The lowest BCUT2D eigenvalue weighted by Crippen LogP contribution is -2.40. The highest BCUT2D eigenvalue weighted by Crippen LogP contribution is 2.30. The summed E-state index contributed by atoms with van der Waals surface area (Å²) >= 11 is 1.60. The number of carbonyl (C=O) groups is 1. The fourth-order valence-electron chi connectivity index (χ4n) is 3.51. The predicted molar refractivity (Wildman–Crippen MR) is 96.9 cm³/mol. The average molecular weight is 356 g/mol. The molecule has 1 saturated heterocycles. The lowest BCUT2D eigenvalue weighted by Gasteiger charge is -2.35. The number of thiophene rings is 1. The van der Waals surface area contributed by atoms with Crippen LogP contribution < -0.4 is 5.56 Å². The Bertz CT molecular complexity index is 957. The lowest BCUT2D eigenvalue weighted by molar-refractivity contribution is -0.134. The van der Waals surface area contributed by atoms with Crippen LogP contribution in [0.3, 0.4) is 0 Å². The van der Waals surface area contributed by atoms with Crippen LogP contribution in [-0.4, -0.2) is 31.9 Å². The molecule has 0 radical (unpaired) electrons. The summed E-state index contributed by atoms with van der Waals surface area (Å²) in [4.78, 5) is 31.7. The van der Waals surface area contributed by atoms with Crippen molar-refractivity contribution in [2.24, 2.45) is 0 Å². The highest BCUT2D eigenvalue weighted by molar-refractivity contribution is 7.08. The Hall–Kier alpha value is -2.41. The van der Waals surface area contributed by atoms with Gasteiger partial charge in [-0.05, 0) is 48.6 Å². The number of nitrogens with one attached hydrogen (secondary N) is 1. The van der Waals surface area contributed by atoms with E-state index in [0.29, 0.717) is 17.8 Å².